The fourth-order valence-electron chi connectivity index (χ4n) is 3.60. The van der Waals surface area contributed by atoms with Crippen molar-refractivity contribution in [3.05, 3.63) is 46.5 Å². The molecule has 1 fully saturated rings. The normalized spacial score (nSPS) is 17.0. The SMILES string of the molecule is O=C(Cc1ccc(F)c(Cl)c1)N1CCn2ncc(N3CCCC3)c2C1. The van der Waals surface area contributed by atoms with Crippen molar-refractivity contribution < 1.29 is 9.18 Å². The van der Waals surface area contributed by atoms with Gasteiger partial charge in [0.1, 0.15) is 5.82 Å². The zero-order valence-electron chi connectivity index (χ0n) is 13.9. The van der Waals surface area contributed by atoms with Crippen LogP contribution in [-0.2, 0) is 24.3 Å². The number of carbonyl (C=O) groups is 1. The summed E-state index contributed by atoms with van der Waals surface area (Å²) in [6.45, 7) is 4.03. The Labute approximate surface area is 151 Å². The van der Waals surface area contributed by atoms with Crippen LogP contribution in [0.2, 0.25) is 5.02 Å². The van der Waals surface area contributed by atoms with E-state index in [4.69, 9.17) is 11.6 Å². The molecule has 0 unspecified atom stereocenters. The second-order valence-corrected chi connectivity index (χ2v) is 7.04. The minimum Gasteiger partial charge on any atom is -0.369 e. The van der Waals surface area contributed by atoms with E-state index < -0.39 is 5.82 Å². The zero-order valence-corrected chi connectivity index (χ0v) is 14.7. The highest BCUT2D eigenvalue weighted by molar-refractivity contribution is 6.30. The number of rotatable bonds is 3. The number of benzene rings is 1. The maximum atomic E-state index is 13.3. The van der Waals surface area contributed by atoms with Gasteiger partial charge < -0.3 is 9.80 Å². The van der Waals surface area contributed by atoms with Gasteiger partial charge in [0.05, 0.1) is 42.1 Å². The average molecular weight is 363 g/mol. The summed E-state index contributed by atoms with van der Waals surface area (Å²) >= 11 is 5.81. The van der Waals surface area contributed by atoms with Gasteiger partial charge in [0, 0.05) is 19.6 Å². The van der Waals surface area contributed by atoms with Gasteiger partial charge in [0.25, 0.3) is 0 Å². The summed E-state index contributed by atoms with van der Waals surface area (Å²) in [5.74, 6) is -0.433. The van der Waals surface area contributed by atoms with Crippen molar-refractivity contribution in [2.45, 2.75) is 32.4 Å². The molecule has 0 bridgehead atoms. The first-order valence-electron chi connectivity index (χ1n) is 8.63. The smallest absolute Gasteiger partial charge is 0.227 e. The number of nitrogens with zero attached hydrogens (tertiary/aromatic N) is 4. The Morgan fingerprint density at radius 3 is 2.76 bits per heavy atom. The molecule has 1 saturated heterocycles. The molecule has 1 aromatic carbocycles. The van der Waals surface area contributed by atoms with Gasteiger partial charge in [0.2, 0.25) is 5.91 Å². The summed E-state index contributed by atoms with van der Waals surface area (Å²) < 4.78 is 15.3. The number of fused-ring (bicyclic) bond motifs is 1. The molecule has 2 aliphatic heterocycles. The summed E-state index contributed by atoms with van der Waals surface area (Å²) in [6.07, 6.45) is 4.57. The van der Waals surface area contributed by atoms with E-state index in [-0.39, 0.29) is 17.4 Å². The second-order valence-electron chi connectivity index (χ2n) is 6.63. The summed E-state index contributed by atoms with van der Waals surface area (Å²) in [6, 6.07) is 4.45. The highest BCUT2D eigenvalue weighted by atomic mass is 35.5. The Balaban J connectivity index is 1.48. The van der Waals surface area contributed by atoms with Crippen LogP contribution >= 0.6 is 11.6 Å². The van der Waals surface area contributed by atoms with Gasteiger partial charge in [-0.3, -0.25) is 9.48 Å². The maximum absolute atomic E-state index is 13.3. The summed E-state index contributed by atoms with van der Waals surface area (Å²) in [5, 5.41) is 4.53. The molecule has 5 nitrogen and oxygen atoms in total. The predicted octanol–water partition coefficient (Wildman–Crippen LogP) is 2.86. The van der Waals surface area contributed by atoms with Crippen LogP contribution < -0.4 is 4.90 Å². The van der Waals surface area contributed by atoms with E-state index >= 15 is 0 Å². The molecule has 0 saturated carbocycles. The lowest BCUT2D eigenvalue weighted by Crippen LogP contribution is -2.39. The number of hydrogen-bond acceptors (Lipinski definition) is 3. The largest absolute Gasteiger partial charge is 0.369 e. The van der Waals surface area contributed by atoms with E-state index in [9.17, 15) is 9.18 Å². The number of aromatic nitrogens is 2. The maximum Gasteiger partial charge on any atom is 0.227 e. The standard InChI is InChI=1S/C18H20ClFN4O/c19-14-9-13(3-4-15(14)20)10-18(25)23-7-8-24-17(12-23)16(11-21-24)22-5-1-2-6-22/h3-4,9,11H,1-2,5-8,10,12H2. The molecule has 0 radical (unpaired) electrons. The number of anilines is 1. The molecule has 2 aromatic rings. The van der Waals surface area contributed by atoms with E-state index in [1.165, 1.54) is 25.0 Å². The molecule has 132 valence electrons. The van der Waals surface area contributed by atoms with Crippen LogP contribution in [0.25, 0.3) is 0 Å². The molecule has 0 N–H and O–H groups in total. The van der Waals surface area contributed by atoms with Crippen LogP contribution in [0.5, 0.6) is 0 Å². The van der Waals surface area contributed by atoms with Gasteiger partial charge in [-0.1, -0.05) is 17.7 Å². The molecule has 4 rings (SSSR count). The average Bonchev–Trinajstić information content (AvgIpc) is 3.26. The zero-order chi connectivity index (χ0) is 17.4. The Hall–Kier alpha value is -2.08. The molecule has 1 amide bonds. The summed E-state index contributed by atoms with van der Waals surface area (Å²) in [7, 11) is 0. The summed E-state index contributed by atoms with van der Waals surface area (Å²) in [5.41, 5.74) is 2.99. The van der Waals surface area contributed by atoms with Crippen LogP contribution in [-0.4, -0.2) is 40.2 Å². The fraction of sp³-hybridized carbons (Fsp3) is 0.444. The third kappa shape index (κ3) is 3.23. The fourth-order valence-corrected chi connectivity index (χ4v) is 3.81. The van der Waals surface area contributed by atoms with E-state index in [0.717, 1.165) is 30.0 Å². The molecule has 0 aliphatic carbocycles. The number of hydrogen-bond donors (Lipinski definition) is 0. The van der Waals surface area contributed by atoms with E-state index in [2.05, 4.69) is 10.00 Å². The lowest BCUT2D eigenvalue weighted by atomic mass is 10.1. The lowest BCUT2D eigenvalue weighted by molar-refractivity contribution is -0.131. The lowest BCUT2D eigenvalue weighted by Gasteiger charge is -2.30. The highest BCUT2D eigenvalue weighted by Gasteiger charge is 2.27. The summed E-state index contributed by atoms with van der Waals surface area (Å²) in [4.78, 5) is 16.9. The van der Waals surface area contributed by atoms with E-state index in [0.29, 0.717) is 19.6 Å². The minimum absolute atomic E-state index is 0.0301. The van der Waals surface area contributed by atoms with Crippen LogP contribution in [0.1, 0.15) is 24.1 Å². The van der Waals surface area contributed by atoms with Crippen molar-refractivity contribution in [2.24, 2.45) is 0 Å². The topological polar surface area (TPSA) is 41.4 Å². The molecular weight excluding hydrogens is 343 g/mol. The molecule has 1 aromatic heterocycles. The molecule has 0 spiro atoms. The van der Waals surface area contributed by atoms with Crippen molar-refractivity contribution >= 4 is 23.2 Å². The van der Waals surface area contributed by atoms with Crippen molar-refractivity contribution in [3.63, 3.8) is 0 Å². The molecule has 25 heavy (non-hydrogen) atoms. The van der Waals surface area contributed by atoms with Crippen molar-refractivity contribution in [3.8, 4) is 0 Å². The molecule has 3 heterocycles. The number of carbonyl (C=O) groups excluding carboxylic acids is 1. The monoisotopic (exact) mass is 362 g/mol. The van der Waals surface area contributed by atoms with Crippen LogP contribution in [0.15, 0.2) is 24.4 Å². The molecule has 0 atom stereocenters. The first-order chi connectivity index (χ1) is 12.1. The third-order valence-electron chi connectivity index (χ3n) is 4.99. The highest BCUT2D eigenvalue weighted by Crippen LogP contribution is 2.28. The number of halogens is 2. The molecular formula is C18H20ClFN4O. The first-order valence-corrected chi connectivity index (χ1v) is 9.01. The Morgan fingerprint density at radius 2 is 2.00 bits per heavy atom. The van der Waals surface area contributed by atoms with Gasteiger partial charge in [0.15, 0.2) is 0 Å². The van der Waals surface area contributed by atoms with Gasteiger partial charge in [-0.25, -0.2) is 4.39 Å². The van der Waals surface area contributed by atoms with Crippen LogP contribution in [0.4, 0.5) is 10.1 Å². The minimum atomic E-state index is -0.463. The molecule has 7 heteroatoms. The Morgan fingerprint density at radius 1 is 1.20 bits per heavy atom. The van der Waals surface area contributed by atoms with Crippen molar-refractivity contribution in [1.82, 2.24) is 14.7 Å². The van der Waals surface area contributed by atoms with E-state index in [1.54, 1.807) is 6.07 Å². The first kappa shape index (κ1) is 16.4. The van der Waals surface area contributed by atoms with Gasteiger partial charge in [-0.05, 0) is 30.5 Å². The quantitative estimate of drug-likeness (QED) is 0.843. The van der Waals surface area contributed by atoms with E-state index in [1.807, 2.05) is 15.8 Å². The van der Waals surface area contributed by atoms with Crippen molar-refractivity contribution in [2.75, 3.05) is 24.5 Å². The van der Waals surface area contributed by atoms with Gasteiger partial charge in [-0.2, -0.15) is 5.10 Å². The van der Waals surface area contributed by atoms with Crippen molar-refractivity contribution in [1.29, 1.82) is 0 Å². The predicted molar refractivity (Wildman–Crippen MR) is 94.2 cm³/mol. The van der Waals surface area contributed by atoms with Crippen LogP contribution in [0.3, 0.4) is 0 Å². The van der Waals surface area contributed by atoms with Gasteiger partial charge in [-0.15, -0.1) is 0 Å². The van der Waals surface area contributed by atoms with Gasteiger partial charge >= 0.3 is 0 Å². The number of amides is 1. The third-order valence-corrected chi connectivity index (χ3v) is 5.28. The molecule has 2 aliphatic rings. The Bertz CT molecular complexity index is 800. The Kier molecular flexibility index (Phi) is 4.37. The second kappa shape index (κ2) is 6.67. The van der Waals surface area contributed by atoms with Crippen LogP contribution in [0, 0.1) is 5.82 Å².